The fourth-order valence-corrected chi connectivity index (χ4v) is 5.28. The van der Waals surface area contributed by atoms with Gasteiger partial charge in [0, 0.05) is 0 Å². The van der Waals surface area contributed by atoms with Crippen LogP contribution in [0.3, 0.4) is 0 Å². The Morgan fingerprint density at radius 2 is 2.06 bits per heavy atom. The third-order valence-electron chi connectivity index (χ3n) is 3.79. The monoisotopic (exact) mass is 312 g/mol. The normalized spacial score (nSPS) is 32.2. The first-order chi connectivity index (χ1) is 8.49. The van der Waals surface area contributed by atoms with E-state index in [2.05, 4.69) is 12.1 Å². The topological polar surface area (TPSA) is 37.3 Å². The van der Waals surface area contributed by atoms with Gasteiger partial charge in [0.15, 0.2) is 0 Å². The molecule has 3 atom stereocenters. The van der Waals surface area contributed by atoms with Gasteiger partial charge in [-0.2, -0.15) is 0 Å². The predicted molar refractivity (Wildman–Crippen MR) is 74.2 cm³/mol. The van der Waals surface area contributed by atoms with Crippen LogP contribution in [-0.2, 0) is 4.79 Å². The van der Waals surface area contributed by atoms with E-state index in [1.54, 1.807) is 6.92 Å². The predicted octanol–water partition coefficient (Wildman–Crippen LogP) is 1.94. The van der Waals surface area contributed by atoms with Crippen molar-refractivity contribution in [1.82, 2.24) is 0 Å². The summed E-state index contributed by atoms with van der Waals surface area (Å²) >= 11 is 0.235. The molecule has 0 amide bonds. The number of carbonyl (C=O) groups excluding carboxylic acids is 1. The average Bonchev–Trinajstić information content (AvgIpc) is 2.33. The van der Waals surface area contributed by atoms with Crippen LogP contribution in [0.1, 0.15) is 33.1 Å². The van der Waals surface area contributed by atoms with E-state index in [1.165, 1.54) is 4.46 Å². The molecule has 0 bridgehead atoms. The van der Waals surface area contributed by atoms with E-state index in [9.17, 15) is 9.90 Å². The first-order valence-electron chi connectivity index (χ1n) is 6.43. The van der Waals surface area contributed by atoms with Gasteiger partial charge in [-0.3, -0.25) is 0 Å². The maximum atomic E-state index is 11.5. The minimum absolute atomic E-state index is 0.154. The summed E-state index contributed by atoms with van der Waals surface area (Å²) in [5.41, 5.74) is -0.609. The van der Waals surface area contributed by atoms with Crippen molar-refractivity contribution in [3.8, 4) is 0 Å². The van der Waals surface area contributed by atoms with Crippen molar-refractivity contribution in [2.45, 2.75) is 43.5 Å². The standard InChI is InChI=1S/C15H20O2Se/c1-11(16)12-8-9-15(2,17)14(10-12)18-13-6-4-3-5-7-13/h3-7,12,14,17H,8-10H2,1-2H3/t12-,14-,15-/m0/s1. The Morgan fingerprint density at radius 3 is 2.67 bits per heavy atom. The first-order valence-corrected chi connectivity index (χ1v) is 8.28. The van der Waals surface area contributed by atoms with Crippen molar-refractivity contribution >= 4 is 25.2 Å². The Balaban J connectivity index is 2.10. The molecular formula is C15H20O2Se. The quantitative estimate of drug-likeness (QED) is 0.866. The molecule has 0 unspecified atom stereocenters. The molecule has 98 valence electrons. The summed E-state index contributed by atoms with van der Waals surface area (Å²) < 4.78 is 1.31. The molecule has 1 fully saturated rings. The van der Waals surface area contributed by atoms with E-state index in [4.69, 9.17) is 0 Å². The molecule has 0 spiro atoms. The third-order valence-corrected chi connectivity index (χ3v) is 7.00. The molecule has 1 N–H and O–H groups in total. The van der Waals surface area contributed by atoms with Crippen molar-refractivity contribution < 1.29 is 9.90 Å². The number of hydrogen-bond acceptors (Lipinski definition) is 2. The molecule has 1 aliphatic rings. The molecule has 0 radical (unpaired) electrons. The van der Waals surface area contributed by atoms with Gasteiger partial charge in [-0.15, -0.1) is 0 Å². The number of carbonyl (C=O) groups is 1. The molecule has 0 heterocycles. The van der Waals surface area contributed by atoms with E-state index < -0.39 is 5.60 Å². The first kappa shape index (κ1) is 13.8. The number of benzene rings is 1. The number of Topliss-reactive ketones (excluding diaryl/α,β-unsaturated/α-hetero) is 1. The van der Waals surface area contributed by atoms with Crippen LogP contribution in [0.25, 0.3) is 0 Å². The molecule has 2 rings (SSSR count). The van der Waals surface area contributed by atoms with E-state index in [0.717, 1.165) is 19.3 Å². The van der Waals surface area contributed by atoms with Crippen LogP contribution in [0.15, 0.2) is 30.3 Å². The number of ketones is 1. The van der Waals surface area contributed by atoms with Gasteiger partial charge in [0.05, 0.1) is 0 Å². The van der Waals surface area contributed by atoms with Gasteiger partial charge in [-0.1, -0.05) is 0 Å². The van der Waals surface area contributed by atoms with E-state index in [-0.39, 0.29) is 31.5 Å². The molecule has 0 aliphatic heterocycles. The Hall–Kier alpha value is -0.631. The Labute approximate surface area is 115 Å². The van der Waals surface area contributed by atoms with Crippen LogP contribution in [-0.4, -0.2) is 31.4 Å². The second kappa shape index (κ2) is 5.56. The second-order valence-electron chi connectivity index (χ2n) is 5.36. The zero-order chi connectivity index (χ0) is 13.2. The minimum atomic E-state index is -0.609. The molecule has 1 aliphatic carbocycles. The van der Waals surface area contributed by atoms with Crippen LogP contribution in [0.4, 0.5) is 0 Å². The fraction of sp³-hybridized carbons (Fsp3) is 0.533. The summed E-state index contributed by atoms with van der Waals surface area (Å²) in [5, 5.41) is 10.5. The zero-order valence-corrected chi connectivity index (χ0v) is 12.6. The summed E-state index contributed by atoms with van der Waals surface area (Å²) in [7, 11) is 0. The van der Waals surface area contributed by atoms with E-state index in [1.807, 2.05) is 25.1 Å². The van der Waals surface area contributed by atoms with Gasteiger partial charge in [0.1, 0.15) is 0 Å². The molecule has 2 nitrogen and oxygen atoms in total. The molecule has 18 heavy (non-hydrogen) atoms. The Bertz CT molecular complexity index is 414. The fourth-order valence-electron chi connectivity index (χ4n) is 2.47. The molecule has 0 aromatic heterocycles. The van der Waals surface area contributed by atoms with E-state index in [0.29, 0.717) is 0 Å². The molecule has 1 saturated carbocycles. The van der Waals surface area contributed by atoms with Crippen molar-refractivity contribution in [3.63, 3.8) is 0 Å². The van der Waals surface area contributed by atoms with Gasteiger partial charge in [-0.05, 0) is 0 Å². The zero-order valence-electron chi connectivity index (χ0n) is 10.9. The molecule has 1 aromatic rings. The van der Waals surface area contributed by atoms with Crippen LogP contribution in [0.5, 0.6) is 0 Å². The van der Waals surface area contributed by atoms with Gasteiger partial charge in [0.25, 0.3) is 0 Å². The van der Waals surface area contributed by atoms with Crippen LogP contribution in [0, 0.1) is 5.92 Å². The number of hydrogen-bond donors (Lipinski definition) is 1. The average molecular weight is 311 g/mol. The van der Waals surface area contributed by atoms with Crippen molar-refractivity contribution in [1.29, 1.82) is 0 Å². The van der Waals surface area contributed by atoms with Crippen LogP contribution in [0.2, 0.25) is 4.82 Å². The van der Waals surface area contributed by atoms with Crippen molar-refractivity contribution in [2.75, 3.05) is 0 Å². The Morgan fingerprint density at radius 1 is 1.39 bits per heavy atom. The summed E-state index contributed by atoms with van der Waals surface area (Å²) in [6.45, 7) is 3.61. The summed E-state index contributed by atoms with van der Waals surface area (Å²) in [6.07, 6.45) is 2.43. The van der Waals surface area contributed by atoms with E-state index >= 15 is 0 Å². The van der Waals surface area contributed by atoms with Crippen LogP contribution < -0.4 is 4.46 Å². The van der Waals surface area contributed by atoms with Crippen molar-refractivity contribution in [2.24, 2.45) is 5.92 Å². The summed E-state index contributed by atoms with van der Waals surface area (Å²) in [5.74, 6) is 0.431. The van der Waals surface area contributed by atoms with Crippen molar-refractivity contribution in [3.05, 3.63) is 30.3 Å². The molecular weight excluding hydrogens is 291 g/mol. The van der Waals surface area contributed by atoms with Gasteiger partial charge < -0.3 is 0 Å². The second-order valence-corrected chi connectivity index (χ2v) is 8.04. The third kappa shape index (κ3) is 3.22. The van der Waals surface area contributed by atoms with Gasteiger partial charge in [-0.25, -0.2) is 0 Å². The Kier molecular flexibility index (Phi) is 4.26. The molecule has 0 saturated heterocycles. The van der Waals surface area contributed by atoms with Gasteiger partial charge >= 0.3 is 115 Å². The summed E-state index contributed by atoms with van der Waals surface area (Å²) in [6, 6.07) is 10.3. The van der Waals surface area contributed by atoms with Gasteiger partial charge in [0.2, 0.25) is 0 Å². The SMILES string of the molecule is CC(=O)[C@H]1CC[C@](C)(O)[C@@H]([Se]c2ccccc2)C1. The molecule has 1 aromatic carbocycles. The van der Waals surface area contributed by atoms with Crippen LogP contribution >= 0.6 is 0 Å². The maximum absolute atomic E-state index is 11.5. The number of rotatable bonds is 3. The number of aliphatic hydroxyl groups is 1. The summed E-state index contributed by atoms with van der Waals surface area (Å²) in [4.78, 5) is 11.8. The molecule has 3 heteroatoms.